The second kappa shape index (κ2) is 6.25. The van der Waals surface area contributed by atoms with Gasteiger partial charge in [-0.15, -0.1) is 0 Å². The van der Waals surface area contributed by atoms with Crippen LogP contribution in [0.5, 0.6) is 0 Å². The van der Waals surface area contributed by atoms with E-state index in [1.54, 1.807) is 0 Å². The average molecular weight is 320 g/mol. The quantitative estimate of drug-likeness (QED) is 0.641. The van der Waals surface area contributed by atoms with E-state index in [0.717, 1.165) is 43.2 Å². The fraction of sp³-hybridized carbons (Fsp3) is 0.286. The molecule has 0 amide bonds. The van der Waals surface area contributed by atoms with Crippen LogP contribution in [-0.2, 0) is 4.74 Å². The summed E-state index contributed by atoms with van der Waals surface area (Å²) in [6, 6.07) is 17.1. The summed E-state index contributed by atoms with van der Waals surface area (Å²) in [6.45, 7) is 7.61. The van der Waals surface area contributed by atoms with Gasteiger partial charge in [0.1, 0.15) is 24.6 Å². The highest BCUT2D eigenvalue weighted by Gasteiger charge is 2.16. The third-order valence-electron chi connectivity index (χ3n) is 4.59. The molecule has 1 aliphatic rings. The standard InChI is InChI=1S/C21H22NO2/c1-15-3-6-17(7-4-15)21-14-19(22-9-11-23-12-10-22)18-13-16(2)5-8-20(18)24-21/h3-8,13-14H,9-12H2,1-2H3/q+1. The van der Waals surface area contributed by atoms with Gasteiger partial charge in [-0.2, -0.15) is 0 Å². The number of fused-ring (bicyclic) bond motifs is 1. The second-order valence-corrected chi connectivity index (χ2v) is 6.46. The summed E-state index contributed by atoms with van der Waals surface area (Å²) in [6.07, 6.45) is 0. The van der Waals surface area contributed by atoms with Crippen molar-refractivity contribution in [2.75, 3.05) is 26.3 Å². The number of nitrogens with zero attached hydrogens (tertiary/aromatic N) is 1. The van der Waals surface area contributed by atoms with Gasteiger partial charge in [-0.3, -0.25) is 0 Å². The van der Waals surface area contributed by atoms with Crippen LogP contribution in [0.1, 0.15) is 11.1 Å². The molecule has 0 bridgehead atoms. The van der Waals surface area contributed by atoms with Crippen molar-refractivity contribution in [3.8, 4) is 11.3 Å². The summed E-state index contributed by atoms with van der Waals surface area (Å²) in [5.74, 6) is 0.910. The van der Waals surface area contributed by atoms with Crippen molar-refractivity contribution >= 4 is 11.0 Å². The number of ether oxygens (including phenoxy) is 1. The van der Waals surface area contributed by atoms with Crippen LogP contribution >= 0.6 is 0 Å². The van der Waals surface area contributed by atoms with Crippen molar-refractivity contribution < 1.29 is 9.15 Å². The smallest absolute Gasteiger partial charge is 0.214 e. The van der Waals surface area contributed by atoms with E-state index in [0.29, 0.717) is 0 Å². The van der Waals surface area contributed by atoms with Crippen LogP contribution in [0.3, 0.4) is 0 Å². The zero-order chi connectivity index (χ0) is 16.5. The Morgan fingerprint density at radius 3 is 2.29 bits per heavy atom. The van der Waals surface area contributed by atoms with Crippen molar-refractivity contribution in [1.29, 1.82) is 0 Å². The molecule has 1 aromatic heterocycles. The summed E-state index contributed by atoms with van der Waals surface area (Å²) < 4.78 is 14.1. The summed E-state index contributed by atoms with van der Waals surface area (Å²) in [5, 5.41) is 2.41. The van der Waals surface area contributed by atoms with E-state index in [-0.39, 0.29) is 0 Å². The Morgan fingerprint density at radius 2 is 1.54 bits per heavy atom. The van der Waals surface area contributed by atoms with E-state index in [9.17, 15) is 0 Å². The van der Waals surface area contributed by atoms with Crippen LogP contribution in [0.25, 0.3) is 22.3 Å². The summed E-state index contributed by atoms with van der Waals surface area (Å²) >= 11 is 0. The largest absolute Gasteiger partial charge is 0.456 e. The molecule has 0 spiro atoms. The van der Waals surface area contributed by atoms with Gasteiger partial charge in [0.2, 0.25) is 5.36 Å². The molecule has 3 nitrogen and oxygen atoms in total. The van der Waals surface area contributed by atoms with E-state index in [1.165, 1.54) is 21.9 Å². The van der Waals surface area contributed by atoms with Gasteiger partial charge in [-0.05, 0) is 26.0 Å². The molecular weight excluding hydrogens is 298 g/mol. The molecular formula is C21H22NO2+. The Morgan fingerprint density at radius 1 is 0.833 bits per heavy atom. The van der Waals surface area contributed by atoms with E-state index >= 15 is 0 Å². The molecule has 0 saturated carbocycles. The van der Waals surface area contributed by atoms with Crippen LogP contribution in [0, 0.1) is 13.8 Å². The highest BCUT2D eigenvalue weighted by Crippen LogP contribution is 2.23. The Hall–Kier alpha value is -2.39. The molecule has 3 aromatic rings. The molecule has 1 aliphatic heterocycles. The molecule has 0 atom stereocenters. The van der Waals surface area contributed by atoms with Gasteiger partial charge in [0.05, 0.1) is 11.5 Å². The summed E-state index contributed by atoms with van der Waals surface area (Å²) in [5.41, 5.74) is 4.54. The fourth-order valence-electron chi connectivity index (χ4n) is 3.21. The predicted octanol–water partition coefficient (Wildman–Crippen LogP) is 3.52. The zero-order valence-electron chi connectivity index (χ0n) is 14.2. The maximum Gasteiger partial charge on any atom is 0.214 e. The molecule has 4 rings (SSSR count). The first kappa shape index (κ1) is 15.2. The third-order valence-corrected chi connectivity index (χ3v) is 4.59. The number of morpholine rings is 1. The molecule has 0 unspecified atom stereocenters. The van der Waals surface area contributed by atoms with Crippen molar-refractivity contribution in [2.45, 2.75) is 13.8 Å². The lowest BCUT2D eigenvalue weighted by Crippen LogP contribution is -2.40. The van der Waals surface area contributed by atoms with Crippen LogP contribution in [0.2, 0.25) is 0 Å². The molecule has 2 aromatic carbocycles. The molecule has 24 heavy (non-hydrogen) atoms. The monoisotopic (exact) mass is 320 g/mol. The predicted molar refractivity (Wildman–Crippen MR) is 96.9 cm³/mol. The number of benzene rings is 2. The van der Waals surface area contributed by atoms with E-state index < -0.39 is 0 Å². The number of aryl methyl sites for hydroxylation is 2. The Bertz CT molecular complexity index is 944. The van der Waals surface area contributed by atoms with Gasteiger partial charge in [0.15, 0.2) is 13.1 Å². The van der Waals surface area contributed by atoms with Gasteiger partial charge in [-0.25, -0.2) is 4.58 Å². The van der Waals surface area contributed by atoms with Gasteiger partial charge in [0.25, 0.3) is 0 Å². The Balaban J connectivity index is 2.00. The number of rotatable bonds is 1. The van der Waals surface area contributed by atoms with Crippen molar-refractivity contribution in [2.24, 2.45) is 0 Å². The second-order valence-electron chi connectivity index (χ2n) is 6.46. The lowest BCUT2D eigenvalue weighted by atomic mass is 10.1. The van der Waals surface area contributed by atoms with Gasteiger partial charge < -0.3 is 9.15 Å². The lowest BCUT2D eigenvalue weighted by Gasteiger charge is -2.12. The van der Waals surface area contributed by atoms with Crippen LogP contribution in [0.4, 0.5) is 0 Å². The highest BCUT2D eigenvalue weighted by atomic mass is 16.5. The van der Waals surface area contributed by atoms with E-state index in [1.807, 2.05) is 0 Å². The highest BCUT2D eigenvalue weighted by molar-refractivity contribution is 5.79. The zero-order valence-corrected chi connectivity index (χ0v) is 14.2. The first-order valence-electron chi connectivity index (χ1n) is 8.48. The molecule has 2 heterocycles. The molecule has 1 saturated heterocycles. The molecule has 3 heteroatoms. The van der Waals surface area contributed by atoms with Crippen LogP contribution in [-0.4, -0.2) is 26.3 Å². The van der Waals surface area contributed by atoms with Gasteiger partial charge >= 0.3 is 0 Å². The topological polar surface area (TPSA) is 25.4 Å². The number of hydrogen-bond acceptors (Lipinski definition) is 2. The van der Waals surface area contributed by atoms with Crippen LogP contribution in [0.15, 0.2) is 52.9 Å². The molecule has 0 radical (unpaired) electrons. The SMILES string of the molecule is Cc1ccc(-c2cc(=[N+]3CCOCC3)c3cc(C)ccc3o2)cc1. The van der Waals surface area contributed by atoms with Crippen molar-refractivity contribution in [1.82, 2.24) is 4.58 Å². The molecule has 0 N–H and O–H groups in total. The summed E-state index contributed by atoms with van der Waals surface area (Å²) in [7, 11) is 0. The van der Waals surface area contributed by atoms with E-state index in [2.05, 4.69) is 67.0 Å². The Labute approximate surface area is 141 Å². The minimum Gasteiger partial charge on any atom is -0.456 e. The maximum atomic E-state index is 6.22. The number of hydrogen-bond donors (Lipinski definition) is 0. The van der Waals surface area contributed by atoms with Gasteiger partial charge in [0, 0.05) is 5.56 Å². The van der Waals surface area contributed by atoms with E-state index in [4.69, 9.17) is 9.15 Å². The third kappa shape index (κ3) is 2.87. The normalized spacial score (nSPS) is 15.0. The maximum absolute atomic E-state index is 6.22. The molecule has 0 aliphatic carbocycles. The van der Waals surface area contributed by atoms with Crippen molar-refractivity contribution in [3.05, 3.63) is 65.0 Å². The molecule has 122 valence electrons. The fourth-order valence-corrected chi connectivity index (χ4v) is 3.21. The first-order chi connectivity index (χ1) is 11.7. The molecule has 1 fully saturated rings. The van der Waals surface area contributed by atoms with Crippen LogP contribution < -0.4 is 9.93 Å². The minimum atomic E-state index is 0.777. The lowest BCUT2D eigenvalue weighted by molar-refractivity contribution is 0.0967. The first-order valence-corrected chi connectivity index (χ1v) is 8.48. The summed E-state index contributed by atoms with van der Waals surface area (Å²) in [4.78, 5) is 0. The van der Waals surface area contributed by atoms with Crippen molar-refractivity contribution in [3.63, 3.8) is 0 Å². The van der Waals surface area contributed by atoms with Gasteiger partial charge in [-0.1, -0.05) is 41.5 Å². The average Bonchev–Trinajstić information content (AvgIpc) is 2.62. The Kier molecular flexibility index (Phi) is 3.95. The minimum absolute atomic E-state index is 0.777.